The van der Waals surface area contributed by atoms with Crippen molar-refractivity contribution >= 4 is 23.7 Å². The van der Waals surface area contributed by atoms with Gasteiger partial charge in [-0.25, -0.2) is 4.98 Å². The van der Waals surface area contributed by atoms with Crippen LogP contribution in [0.3, 0.4) is 0 Å². The van der Waals surface area contributed by atoms with Crippen LogP contribution in [0.1, 0.15) is 62.1 Å². The summed E-state index contributed by atoms with van der Waals surface area (Å²) in [6.07, 6.45) is 11.9. The van der Waals surface area contributed by atoms with Crippen molar-refractivity contribution < 1.29 is 19.1 Å². The van der Waals surface area contributed by atoms with Gasteiger partial charge in [0.1, 0.15) is 5.82 Å². The van der Waals surface area contributed by atoms with E-state index >= 15 is 0 Å². The highest BCUT2D eigenvalue weighted by molar-refractivity contribution is 5.98. The van der Waals surface area contributed by atoms with Crippen LogP contribution in [0, 0.1) is 5.41 Å². The highest BCUT2D eigenvalue weighted by Gasteiger charge is 2.43. The molecule has 7 nitrogen and oxygen atoms in total. The number of ether oxygens (including phenoxy) is 2. The minimum Gasteiger partial charge on any atom is -0.493 e. The van der Waals surface area contributed by atoms with Crippen LogP contribution < -0.4 is 14.8 Å². The van der Waals surface area contributed by atoms with Crippen LogP contribution in [0.2, 0.25) is 0 Å². The molecule has 4 rings (SSSR count). The summed E-state index contributed by atoms with van der Waals surface area (Å²) in [7, 11) is 3.38. The van der Waals surface area contributed by atoms with Gasteiger partial charge >= 0.3 is 0 Å². The fourth-order valence-corrected chi connectivity index (χ4v) is 5.03. The van der Waals surface area contributed by atoms with Gasteiger partial charge < -0.3 is 19.7 Å². The number of benzene rings is 1. The Balaban J connectivity index is 1.45. The van der Waals surface area contributed by atoms with Gasteiger partial charge in [-0.3, -0.25) is 9.59 Å². The highest BCUT2D eigenvalue weighted by atomic mass is 16.5. The molecule has 1 aliphatic heterocycles. The molecule has 0 radical (unpaired) electrons. The summed E-state index contributed by atoms with van der Waals surface area (Å²) in [6.45, 7) is 3.03. The van der Waals surface area contributed by atoms with E-state index < -0.39 is 0 Å². The lowest BCUT2D eigenvalue weighted by atomic mass is 9.68. The van der Waals surface area contributed by atoms with Crippen molar-refractivity contribution in [1.82, 2.24) is 9.88 Å². The topological polar surface area (TPSA) is 80.8 Å². The number of carbonyl (C=O) groups excluding carboxylic acids is 2. The van der Waals surface area contributed by atoms with E-state index in [1.54, 1.807) is 37.4 Å². The van der Waals surface area contributed by atoms with Crippen molar-refractivity contribution in [1.29, 1.82) is 0 Å². The maximum absolute atomic E-state index is 12.9. The first kappa shape index (κ1) is 24.8. The Bertz CT molecular complexity index is 1110. The van der Waals surface area contributed by atoms with E-state index in [-0.39, 0.29) is 17.2 Å². The second-order valence-electron chi connectivity index (χ2n) is 9.57. The van der Waals surface area contributed by atoms with Crippen molar-refractivity contribution in [2.24, 2.45) is 5.41 Å². The molecule has 1 aromatic heterocycles. The Morgan fingerprint density at radius 2 is 2.06 bits per heavy atom. The van der Waals surface area contributed by atoms with Crippen molar-refractivity contribution in [2.45, 2.75) is 58.4 Å². The number of likely N-dealkylation sites (N-methyl/N-ethyl adjacent to an activating group) is 1. The smallest absolute Gasteiger partial charge is 0.246 e. The summed E-state index contributed by atoms with van der Waals surface area (Å²) in [4.78, 5) is 31.7. The second kappa shape index (κ2) is 10.9. The number of anilines is 1. The van der Waals surface area contributed by atoms with Crippen molar-refractivity contribution in [2.75, 3.05) is 26.1 Å². The first-order valence-corrected chi connectivity index (χ1v) is 12.5. The van der Waals surface area contributed by atoms with Crippen LogP contribution in [0.25, 0.3) is 6.08 Å². The number of hydrogen-bond donors (Lipinski definition) is 1. The molecule has 0 saturated heterocycles. The van der Waals surface area contributed by atoms with Crippen molar-refractivity contribution in [3.05, 3.63) is 53.2 Å². The van der Waals surface area contributed by atoms with Gasteiger partial charge in [0.05, 0.1) is 19.1 Å². The molecule has 1 spiro atoms. The van der Waals surface area contributed by atoms with Gasteiger partial charge in [-0.05, 0) is 55.0 Å². The molecular weight excluding hydrogens is 442 g/mol. The Kier molecular flexibility index (Phi) is 7.73. The number of aromatic nitrogens is 1. The standard InChI is InChI=1S/C28H35N3O4/c1-4-15-35-25-21(9-8-10-23(25)34-3)19-31(2)24(32)12-11-20-16-22-17-28(13-6-5-7-14-28)27(33)30-26(22)29-18-20/h8-12,16,18H,4-7,13-15,17,19H2,1-3H3,(H,29,30,33)/b12-11+. The predicted octanol–water partition coefficient (Wildman–Crippen LogP) is 5.00. The molecule has 2 aliphatic rings. The number of carbonyl (C=O) groups is 2. The van der Waals surface area contributed by atoms with Gasteiger partial charge in [0.2, 0.25) is 11.8 Å². The van der Waals surface area contributed by atoms with Crippen molar-refractivity contribution in [3.8, 4) is 11.5 Å². The molecule has 0 atom stereocenters. The summed E-state index contributed by atoms with van der Waals surface area (Å²) >= 11 is 0. The van der Waals surface area contributed by atoms with Crippen LogP contribution in [0.15, 0.2) is 36.5 Å². The summed E-state index contributed by atoms with van der Waals surface area (Å²) in [5.74, 6) is 1.97. The summed E-state index contributed by atoms with van der Waals surface area (Å²) < 4.78 is 11.4. The molecule has 1 N–H and O–H groups in total. The third-order valence-electron chi connectivity index (χ3n) is 6.97. The Labute approximate surface area is 207 Å². The molecule has 35 heavy (non-hydrogen) atoms. The van der Waals surface area contributed by atoms with Crippen LogP contribution in [-0.4, -0.2) is 42.5 Å². The molecular formula is C28H35N3O4. The number of fused-ring (bicyclic) bond motifs is 1. The monoisotopic (exact) mass is 477 g/mol. The Morgan fingerprint density at radius 1 is 1.26 bits per heavy atom. The summed E-state index contributed by atoms with van der Waals surface area (Å²) in [5, 5.41) is 3.02. The van der Waals surface area contributed by atoms with Gasteiger partial charge in [-0.2, -0.15) is 0 Å². The van der Waals surface area contributed by atoms with Gasteiger partial charge in [0.15, 0.2) is 11.5 Å². The van der Waals surface area contributed by atoms with Crippen LogP contribution in [0.5, 0.6) is 11.5 Å². The fourth-order valence-electron chi connectivity index (χ4n) is 5.03. The molecule has 2 heterocycles. The van der Waals surface area contributed by atoms with Crippen molar-refractivity contribution in [3.63, 3.8) is 0 Å². The molecule has 0 unspecified atom stereocenters. The maximum atomic E-state index is 12.9. The fraction of sp³-hybridized carbons (Fsp3) is 0.464. The van der Waals surface area contributed by atoms with E-state index in [0.29, 0.717) is 36.9 Å². The molecule has 186 valence electrons. The van der Waals surface area contributed by atoms with Gasteiger partial charge in [0, 0.05) is 31.4 Å². The first-order chi connectivity index (χ1) is 17.0. The molecule has 1 aliphatic carbocycles. The number of pyridine rings is 1. The third-order valence-corrected chi connectivity index (χ3v) is 6.97. The summed E-state index contributed by atoms with van der Waals surface area (Å²) in [6, 6.07) is 7.75. The third kappa shape index (κ3) is 5.50. The van der Waals surface area contributed by atoms with Gasteiger partial charge in [-0.15, -0.1) is 0 Å². The maximum Gasteiger partial charge on any atom is 0.246 e. The number of nitrogens with zero attached hydrogens (tertiary/aromatic N) is 2. The zero-order chi connectivity index (χ0) is 24.8. The second-order valence-corrected chi connectivity index (χ2v) is 9.57. The lowest BCUT2D eigenvalue weighted by Crippen LogP contribution is -2.43. The molecule has 2 aromatic rings. The predicted molar refractivity (Wildman–Crippen MR) is 136 cm³/mol. The molecule has 1 fully saturated rings. The van der Waals surface area contributed by atoms with E-state index in [0.717, 1.165) is 48.8 Å². The lowest BCUT2D eigenvalue weighted by Gasteiger charge is -2.39. The minimum absolute atomic E-state index is 0.108. The zero-order valence-electron chi connectivity index (χ0n) is 20.9. The molecule has 7 heteroatoms. The number of amides is 2. The first-order valence-electron chi connectivity index (χ1n) is 12.5. The normalized spacial score (nSPS) is 16.6. The Morgan fingerprint density at radius 3 is 2.80 bits per heavy atom. The van der Waals surface area contributed by atoms with Crippen LogP contribution in [-0.2, 0) is 22.6 Å². The van der Waals surface area contributed by atoms with Crippen LogP contribution in [0.4, 0.5) is 5.82 Å². The number of methoxy groups -OCH3 is 1. The molecule has 1 aromatic carbocycles. The Hall–Kier alpha value is -3.35. The average Bonchev–Trinajstić information content (AvgIpc) is 2.87. The van der Waals surface area contributed by atoms with E-state index in [9.17, 15) is 9.59 Å². The highest BCUT2D eigenvalue weighted by Crippen LogP contribution is 2.44. The number of rotatable bonds is 8. The average molecular weight is 478 g/mol. The molecule has 1 saturated carbocycles. The minimum atomic E-state index is -0.306. The zero-order valence-corrected chi connectivity index (χ0v) is 20.9. The lowest BCUT2D eigenvalue weighted by molar-refractivity contribution is -0.128. The number of nitrogens with one attached hydrogen (secondary N) is 1. The van der Waals surface area contributed by atoms with E-state index in [4.69, 9.17) is 9.47 Å². The van der Waals surface area contributed by atoms with Crippen LogP contribution >= 0.6 is 0 Å². The van der Waals surface area contributed by atoms with E-state index in [2.05, 4.69) is 10.3 Å². The SMILES string of the molecule is CCCOc1c(CN(C)C(=O)/C=C/c2cnc3c(c2)CC2(CCCCC2)C(=O)N3)cccc1OC. The van der Waals surface area contributed by atoms with E-state index in [1.165, 1.54) is 6.42 Å². The molecule has 2 amide bonds. The largest absolute Gasteiger partial charge is 0.493 e. The summed E-state index contributed by atoms with van der Waals surface area (Å²) in [5.41, 5.74) is 2.48. The van der Waals surface area contributed by atoms with Gasteiger partial charge in [0.25, 0.3) is 0 Å². The quantitative estimate of drug-likeness (QED) is 0.542. The number of para-hydroxylation sites is 1. The van der Waals surface area contributed by atoms with Gasteiger partial charge in [-0.1, -0.05) is 38.3 Å². The van der Waals surface area contributed by atoms with E-state index in [1.807, 2.05) is 31.2 Å². The number of hydrogen-bond acceptors (Lipinski definition) is 5. The molecule has 0 bridgehead atoms.